The highest BCUT2D eigenvalue weighted by Gasteiger charge is 2.47. The third kappa shape index (κ3) is 7.48. The van der Waals surface area contributed by atoms with Crippen molar-refractivity contribution in [1.29, 1.82) is 0 Å². The van der Waals surface area contributed by atoms with Crippen LogP contribution in [0.25, 0.3) is 0 Å². The number of aliphatic carboxylic acids is 2. The Morgan fingerprint density at radius 2 is 1.36 bits per heavy atom. The summed E-state index contributed by atoms with van der Waals surface area (Å²) < 4.78 is 0. The highest BCUT2D eigenvalue weighted by atomic mass is 16.4. The van der Waals surface area contributed by atoms with E-state index in [2.05, 4.69) is 78.0 Å². The molecule has 5 unspecified atom stereocenters. The van der Waals surface area contributed by atoms with Crippen LogP contribution in [0, 0.1) is 34.0 Å². The van der Waals surface area contributed by atoms with Gasteiger partial charge in [0.15, 0.2) is 0 Å². The molecule has 0 aliphatic rings. The summed E-state index contributed by atoms with van der Waals surface area (Å²) in [5.41, 5.74) is -0.107. The fourth-order valence-corrected chi connectivity index (χ4v) is 5.48. The molecule has 0 radical (unpaired) electrons. The van der Waals surface area contributed by atoms with E-state index in [1.54, 1.807) is 0 Å². The van der Waals surface area contributed by atoms with Gasteiger partial charge in [-0.1, -0.05) is 80.4 Å². The Hall–Kier alpha value is -0.930. The van der Waals surface area contributed by atoms with E-state index < -0.39 is 17.9 Å². The van der Waals surface area contributed by atoms with E-state index in [0.29, 0.717) is 5.92 Å². The smallest absolute Gasteiger partial charge is 0.307 e. The van der Waals surface area contributed by atoms with Crippen LogP contribution in [0.4, 0.5) is 0 Å². The molecular weight excluding hydrogens is 350 g/mol. The standard InChI is InChI=1S/C22H44B2O4/c1-10-21(6,7)13(2)17(23)18(24)16(14(19(27)28)11-15(25)26)22(8,9)12-20(3,4)5/h13-14,16-18H,10-12,23-24H2,1-9H3,(H,25,26)(H,27,28). The average Bonchev–Trinajstić information content (AvgIpc) is 2.49. The molecule has 0 fully saturated rings. The molecule has 0 rings (SSSR count). The predicted octanol–water partition coefficient (Wildman–Crippen LogP) is 4.16. The van der Waals surface area contributed by atoms with Crippen molar-refractivity contribution in [3.05, 3.63) is 0 Å². The molecule has 0 amide bonds. The molecule has 0 aliphatic carbocycles. The van der Waals surface area contributed by atoms with Gasteiger partial charge in [-0.3, -0.25) is 9.59 Å². The van der Waals surface area contributed by atoms with Gasteiger partial charge < -0.3 is 10.2 Å². The summed E-state index contributed by atoms with van der Waals surface area (Å²) in [7, 11) is 4.35. The molecule has 0 aromatic heterocycles. The molecule has 0 saturated carbocycles. The van der Waals surface area contributed by atoms with E-state index in [9.17, 15) is 19.8 Å². The largest absolute Gasteiger partial charge is 0.481 e. The lowest BCUT2D eigenvalue weighted by Gasteiger charge is -2.49. The molecule has 5 atom stereocenters. The summed E-state index contributed by atoms with van der Waals surface area (Å²) in [5, 5.41) is 19.4. The second kappa shape index (κ2) is 9.71. The monoisotopic (exact) mass is 394 g/mol. The maximum atomic E-state index is 12.2. The Bertz CT molecular complexity index is 537. The van der Waals surface area contributed by atoms with Crippen molar-refractivity contribution in [1.82, 2.24) is 0 Å². The van der Waals surface area contributed by atoms with E-state index in [1.807, 2.05) is 0 Å². The first kappa shape index (κ1) is 27.1. The minimum atomic E-state index is -1.04. The number of hydrogen-bond donors (Lipinski definition) is 2. The molecule has 0 aliphatic heterocycles. The zero-order valence-corrected chi connectivity index (χ0v) is 20.2. The van der Waals surface area contributed by atoms with Crippen LogP contribution in [-0.2, 0) is 9.59 Å². The Balaban J connectivity index is 6.21. The predicted molar refractivity (Wildman–Crippen MR) is 123 cm³/mol. The molecule has 0 aromatic rings. The van der Waals surface area contributed by atoms with Crippen molar-refractivity contribution < 1.29 is 19.8 Å². The molecule has 4 nitrogen and oxygen atoms in total. The summed E-state index contributed by atoms with van der Waals surface area (Å²) in [6, 6.07) is 0. The van der Waals surface area contributed by atoms with Crippen molar-refractivity contribution >= 4 is 27.6 Å². The fraction of sp³-hybridized carbons (Fsp3) is 0.909. The van der Waals surface area contributed by atoms with E-state index in [0.717, 1.165) is 12.8 Å². The van der Waals surface area contributed by atoms with Crippen LogP contribution < -0.4 is 0 Å². The maximum absolute atomic E-state index is 12.2. The van der Waals surface area contributed by atoms with Crippen LogP contribution in [0.5, 0.6) is 0 Å². The first-order valence-electron chi connectivity index (χ1n) is 10.8. The van der Waals surface area contributed by atoms with E-state index in [-0.39, 0.29) is 40.2 Å². The van der Waals surface area contributed by atoms with Crippen molar-refractivity contribution in [3.8, 4) is 0 Å². The van der Waals surface area contributed by atoms with Crippen LogP contribution >= 0.6 is 0 Å². The summed E-state index contributed by atoms with van der Waals surface area (Å²) in [5.74, 6) is -2.34. The molecule has 6 heteroatoms. The molecule has 0 bridgehead atoms. The first-order valence-corrected chi connectivity index (χ1v) is 10.8. The highest BCUT2D eigenvalue weighted by Crippen LogP contribution is 2.53. The number of carboxylic acids is 2. The Morgan fingerprint density at radius 1 is 0.893 bits per heavy atom. The minimum Gasteiger partial charge on any atom is -0.481 e. The van der Waals surface area contributed by atoms with E-state index in [4.69, 9.17) is 0 Å². The zero-order chi connectivity index (χ0) is 22.7. The fourth-order valence-electron chi connectivity index (χ4n) is 5.48. The minimum absolute atomic E-state index is 0.0330. The van der Waals surface area contributed by atoms with Crippen LogP contribution in [0.3, 0.4) is 0 Å². The van der Waals surface area contributed by atoms with Gasteiger partial charge in [0.1, 0.15) is 15.7 Å². The van der Waals surface area contributed by atoms with Gasteiger partial charge in [-0.2, -0.15) is 0 Å². The molecule has 2 N–H and O–H groups in total. The molecule has 0 saturated heterocycles. The van der Waals surface area contributed by atoms with Gasteiger partial charge in [-0.25, -0.2) is 0 Å². The van der Waals surface area contributed by atoms with Crippen LogP contribution in [-0.4, -0.2) is 37.8 Å². The Morgan fingerprint density at radius 3 is 1.68 bits per heavy atom. The number of hydrogen-bond acceptors (Lipinski definition) is 2. The topological polar surface area (TPSA) is 74.6 Å². The lowest BCUT2D eigenvalue weighted by atomic mass is 9.46. The van der Waals surface area contributed by atoms with E-state index in [1.165, 1.54) is 0 Å². The summed E-state index contributed by atoms with van der Waals surface area (Å²) >= 11 is 0. The van der Waals surface area contributed by atoms with Crippen molar-refractivity contribution in [2.24, 2.45) is 34.0 Å². The van der Waals surface area contributed by atoms with Crippen molar-refractivity contribution in [3.63, 3.8) is 0 Å². The number of rotatable bonds is 11. The van der Waals surface area contributed by atoms with Crippen LogP contribution in [0.15, 0.2) is 0 Å². The molecule has 28 heavy (non-hydrogen) atoms. The van der Waals surface area contributed by atoms with Crippen molar-refractivity contribution in [2.75, 3.05) is 0 Å². The third-order valence-electron chi connectivity index (χ3n) is 7.36. The molecule has 162 valence electrons. The van der Waals surface area contributed by atoms with Gasteiger partial charge in [-0.15, -0.1) is 0 Å². The zero-order valence-electron chi connectivity index (χ0n) is 20.2. The lowest BCUT2D eigenvalue weighted by Crippen LogP contribution is -2.43. The normalized spacial score (nSPS) is 18.8. The average molecular weight is 394 g/mol. The van der Waals surface area contributed by atoms with Crippen LogP contribution in [0.1, 0.15) is 81.6 Å². The Labute approximate surface area is 175 Å². The number of carbonyl (C=O) groups is 2. The molecule has 0 spiro atoms. The second-order valence-corrected chi connectivity index (χ2v) is 11.6. The quantitative estimate of drug-likeness (QED) is 0.517. The highest BCUT2D eigenvalue weighted by molar-refractivity contribution is 6.21. The first-order chi connectivity index (χ1) is 12.4. The van der Waals surface area contributed by atoms with Gasteiger partial charge >= 0.3 is 11.9 Å². The Kier molecular flexibility index (Phi) is 9.39. The van der Waals surface area contributed by atoms with Crippen molar-refractivity contribution in [2.45, 2.75) is 93.2 Å². The second-order valence-electron chi connectivity index (χ2n) is 11.6. The van der Waals surface area contributed by atoms with Gasteiger partial charge in [0.25, 0.3) is 0 Å². The van der Waals surface area contributed by atoms with Crippen LogP contribution in [0.2, 0.25) is 11.6 Å². The lowest BCUT2D eigenvalue weighted by molar-refractivity contribution is -0.153. The maximum Gasteiger partial charge on any atom is 0.307 e. The molecular formula is C22H44B2O4. The molecule has 0 heterocycles. The van der Waals surface area contributed by atoms with E-state index >= 15 is 0 Å². The third-order valence-corrected chi connectivity index (χ3v) is 7.36. The summed E-state index contributed by atoms with van der Waals surface area (Å²) in [6.07, 6.45) is 1.58. The van der Waals surface area contributed by atoms with Gasteiger partial charge in [-0.05, 0) is 34.5 Å². The molecule has 0 aromatic carbocycles. The number of carboxylic acid groups (broad SMARTS) is 2. The summed E-state index contributed by atoms with van der Waals surface area (Å²) in [6.45, 7) is 19.7. The van der Waals surface area contributed by atoms with Gasteiger partial charge in [0.2, 0.25) is 0 Å². The summed E-state index contributed by atoms with van der Waals surface area (Å²) in [4.78, 5) is 23.7. The van der Waals surface area contributed by atoms with Gasteiger partial charge in [0.05, 0.1) is 12.3 Å². The SMILES string of the molecule is BC(C(B)C(C(CC(=O)O)C(=O)O)C(C)(C)CC(C)(C)C)C(C)C(C)(C)CC. The van der Waals surface area contributed by atoms with Gasteiger partial charge in [0, 0.05) is 0 Å².